The molecule has 0 aliphatic rings. The molecule has 17 heavy (non-hydrogen) atoms. The average molecular weight is 236 g/mol. The number of fused-ring (bicyclic) bond motifs is 1. The van der Waals surface area contributed by atoms with E-state index in [0.29, 0.717) is 23.4 Å². The molecule has 9 heteroatoms. The van der Waals surface area contributed by atoms with Crippen LogP contribution in [0.4, 0.5) is 11.8 Å². The second kappa shape index (κ2) is 4.61. The number of nitrogens with zero attached hydrogens (tertiary/aromatic N) is 3. The summed E-state index contributed by atoms with van der Waals surface area (Å²) in [5.74, 6) is 5.65. The first-order valence-corrected chi connectivity index (χ1v) is 4.90. The van der Waals surface area contributed by atoms with Crippen molar-refractivity contribution < 1.29 is 4.79 Å². The molecule has 0 fully saturated rings. The highest BCUT2D eigenvalue weighted by Gasteiger charge is 2.08. The lowest BCUT2D eigenvalue weighted by molar-refractivity contribution is -0.117. The number of H-pyrrole nitrogens is 1. The van der Waals surface area contributed by atoms with Gasteiger partial charge in [0.15, 0.2) is 5.65 Å². The number of anilines is 2. The highest BCUT2D eigenvalue weighted by Crippen LogP contribution is 2.19. The van der Waals surface area contributed by atoms with E-state index in [1.807, 2.05) is 0 Å². The maximum absolute atomic E-state index is 10.6. The molecule has 9 nitrogen and oxygen atoms in total. The van der Waals surface area contributed by atoms with Gasteiger partial charge in [-0.2, -0.15) is 15.1 Å². The number of carbonyl (C=O) groups excluding carboxylic acids is 1. The van der Waals surface area contributed by atoms with Gasteiger partial charge in [0.1, 0.15) is 5.82 Å². The number of aromatic nitrogens is 4. The summed E-state index contributed by atoms with van der Waals surface area (Å²) in [7, 11) is 0. The number of hydrazine groups is 1. The summed E-state index contributed by atoms with van der Waals surface area (Å²) in [5, 5.41) is 10.2. The summed E-state index contributed by atoms with van der Waals surface area (Å²) < 4.78 is 0. The number of nitrogens with two attached hydrogens (primary N) is 2. The van der Waals surface area contributed by atoms with Crippen molar-refractivity contribution in [3.8, 4) is 0 Å². The van der Waals surface area contributed by atoms with Gasteiger partial charge in [0, 0.05) is 13.0 Å². The highest BCUT2D eigenvalue weighted by atomic mass is 16.1. The molecule has 2 heterocycles. The van der Waals surface area contributed by atoms with Gasteiger partial charge in [-0.1, -0.05) is 0 Å². The lowest BCUT2D eigenvalue weighted by Crippen LogP contribution is -2.17. The number of nitrogens with one attached hydrogen (secondary N) is 3. The topological polar surface area (TPSA) is 148 Å². The summed E-state index contributed by atoms with van der Waals surface area (Å²) in [6.45, 7) is 0.386. The Morgan fingerprint density at radius 3 is 3.00 bits per heavy atom. The molecule has 0 unspecified atom stereocenters. The molecule has 2 aromatic heterocycles. The van der Waals surface area contributed by atoms with Crippen molar-refractivity contribution in [2.45, 2.75) is 6.42 Å². The third kappa shape index (κ3) is 2.39. The Bertz CT molecular complexity index is 535. The van der Waals surface area contributed by atoms with Crippen molar-refractivity contribution in [1.29, 1.82) is 0 Å². The molecular formula is C8H12N8O. The molecule has 2 rings (SSSR count). The molecule has 2 aromatic rings. The third-order valence-electron chi connectivity index (χ3n) is 2.10. The van der Waals surface area contributed by atoms with Gasteiger partial charge in [-0.25, -0.2) is 5.84 Å². The van der Waals surface area contributed by atoms with Crippen LogP contribution < -0.4 is 22.3 Å². The molecule has 0 bridgehead atoms. The van der Waals surface area contributed by atoms with Crippen LogP contribution in [0.25, 0.3) is 11.0 Å². The second-order valence-corrected chi connectivity index (χ2v) is 3.32. The summed E-state index contributed by atoms with van der Waals surface area (Å²) in [5.41, 5.74) is 7.94. The van der Waals surface area contributed by atoms with Gasteiger partial charge in [-0.15, -0.1) is 0 Å². The van der Waals surface area contributed by atoms with Crippen LogP contribution in [-0.4, -0.2) is 32.6 Å². The Kier molecular flexibility index (Phi) is 3.01. The first-order valence-electron chi connectivity index (χ1n) is 4.90. The lowest BCUT2D eigenvalue weighted by atomic mass is 10.3. The van der Waals surface area contributed by atoms with E-state index >= 15 is 0 Å². The normalized spacial score (nSPS) is 10.4. The van der Waals surface area contributed by atoms with Crippen LogP contribution >= 0.6 is 0 Å². The smallest absolute Gasteiger partial charge is 0.241 e. The van der Waals surface area contributed by atoms with Gasteiger partial charge in [0.05, 0.1) is 11.6 Å². The Balaban J connectivity index is 2.24. The minimum absolute atomic E-state index is 0.217. The molecule has 1 amide bonds. The molecule has 0 saturated heterocycles. The van der Waals surface area contributed by atoms with Gasteiger partial charge in [0.25, 0.3) is 0 Å². The van der Waals surface area contributed by atoms with Crippen molar-refractivity contribution in [2.75, 3.05) is 17.3 Å². The Labute approximate surface area is 96.0 Å². The molecule has 0 spiro atoms. The molecule has 0 atom stereocenters. The van der Waals surface area contributed by atoms with Crippen LogP contribution in [-0.2, 0) is 4.79 Å². The van der Waals surface area contributed by atoms with Crippen LogP contribution in [0.1, 0.15) is 6.42 Å². The van der Waals surface area contributed by atoms with E-state index in [9.17, 15) is 4.79 Å². The third-order valence-corrected chi connectivity index (χ3v) is 2.10. The van der Waals surface area contributed by atoms with Gasteiger partial charge >= 0.3 is 0 Å². The molecule has 0 aliphatic heterocycles. The largest absolute Gasteiger partial charge is 0.370 e. The summed E-state index contributed by atoms with van der Waals surface area (Å²) >= 11 is 0. The predicted molar refractivity (Wildman–Crippen MR) is 61.8 cm³/mol. The van der Waals surface area contributed by atoms with E-state index in [0.717, 1.165) is 0 Å². The molecular weight excluding hydrogens is 224 g/mol. The number of amides is 1. The Hall–Kier alpha value is -2.42. The molecule has 0 radical (unpaired) electrons. The summed E-state index contributed by atoms with van der Waals surface area (Å²) in [6, 6.07) is 0. The Morgan fingerprint density at radius 1 is 1.47 bits per heavy atom. The predicted octanol–water partition coefficient (Wildman–Crippen LogP) is -1.07. The van der Waals surface area contributed by atoms with Crippen LogP contribution in [0.2, 0.25) is 0 Å². The summed E-state index contributed by atoms with van der Waals surface area (Å²) in [6.07, 6.45) is 1.80. The van der Waals surface area contributed by atoms with Gasteiger partial charge in [-0.05, 0) is 0 Å². The zero-order valence-electron chi connectivity index (χ0n) is 8.90. The van der Waals surface area contributed by atoms with E-state index < -0.39 is 0 Å². The van der Waals surface area contributed by atoms with Crippen molar-refractivity contribution in [3.63, 3.8) is 0 Å². The zero-order valence-corrected chi connectivity index (χ0v) is 8.90. The first kappa shape index (κ1) is 11.1. The minimum Gasteiger partial charge on any atom is -0.370 e. The standard InChI is InChI=1S/C8H12N8O/c9-5(17)1-2-11-6-4-3-12-16-7(4)14-8(13-6)15-10/h3H,1-2,10H2,(H2,9,17)(H3,11,12,13,14,15,16). The van der Waals surface area contributed by atoms with Crippen LogP contribution in [0.5, 0.6) is 0 Å². The minimum atomic E-state index is -0.382. The van der Waals surface area contributed by atoms with Crippen molar-refractivity contribution in [3.05, 3.63) is 6.20 Å². The number of hydrogen-bond donors (Lipinski definition) is 5. The van der Waals surface area contributed by atoms with E-state index in [-0.39, 0.29) is 18.3 Å². The average Bonchev–Trinajstić information content (AvgIpc) is 2.76. The number of nitrogen functional groups attached to an aromatic ring is 1. The van der Waals surface area contributed by atoms with E-state index in [2.05, 4.69) is 30.9 Å². The maximum Gasteiger partial charge on any atom is 0.241 e. The molecule has 0 aliphatic carbocycles. The Morgan fingerprint density at radius 2 is 2.29 bits per heavy atom. The van der Waals surface area contributed by atoms with E-state index in [1.165, 1.54) is 0 Å². The molecule has 0 aromatic carbocycles. The van der Waals surface area contributed by atoms with Crippen LogP contribution in [0.15, 0.2) is 6.20 Å². The number of rotatable bonds is 5. The van der Waals surface area contributed by atoms with Gasteiger partial charge < -0.3 is 11.1 Å². The monoisotopic (exact) mass is 236 g/mol. The zero-order chi connectivity index (χ0) is 12.3. The number of hydrogen-bond acceptors (Lipinski definition) is 7. The first-order chi connectivity index (χ1) is 8.20. The van der Waals surface area contributed by atoms with Crippen LogP contribution in [0.3, 0.4) is 0 Å². The summed E-state index contributed by atoms with van der Waals surface area (Å²) in [4.78, 5) is 18.8. The van der Waals surface area contributed by atoms with Crippen molar-refractivity contribution in [2.24, 2.45) is 11.6 Å². The van der Waals surface area contributed by atoms with Crippen LogP contribution in [0, 0.1) is 0 Å². The fraction of sp³-hybridized carbons (Fsp3) is 0.250. The molecule has 7 N–H and O–H groups in total. The van der Waals surface area contributed by atoms with E-state index in [1.54, 1.807) is 6.20 Å². The second-order valence-electron chi connectivity index (χ2n) is 3.32. The van der Waals surface area contributed by atoms with E-state index in [4.69, 9.17) is 11.6 Å². The fourth-order valence-electron chi connectivity index (χ4n) is 1.34. The number of primary amides is 1. The quantitative estimate of drug-likeness (QED) is 0.327. The number of carbonyl (C=O) groups is 1. The molecule has 0 saturated carbocycles. The maximum atomic E-state index is 10.6. The highest BCUT2D eigenvalue weighted by molar-refractivity contribution is 5.87. The SMILES string of the molecule is NNc1nc(NCCC(N)=O)c2cn[nH]c2n1. The lowest BCUT2D eigenvalue weighted by Gasteiger charge is -2.06. The van der Waals surface area contributed by atoms with Crippen molar-refractivity contribution >= 4 is 28.7 Å². The van der Waals surface area contributed by atoms with Crippen molar-refractivity contribution in [1.82, 2.24) is 20.2 Å². The fourth-order valence-corrected chi connectivity index (χ4v) is 1.34. The van der Waals surface area contributed by atoms with Gasteiger partial charge in [-0.3, -0.25) is 15.3 Å². The molecule has 90 valence electrons. The number of aromatic amines is 1. The van der Waals surface area contributed by atoms with Gasteiger partial charge in [0.2, 0.25) is 11.9 Å².